The van der Waals surface area contributed by atoms with Crippen LogP contribution in [0.4, 0.5) is 4.79 Å². The van der Waals surface area contributed by atoms with Crippen molar-refractivity contribution in [3.63, 3.8) is 0 Å². The van der Waals surface area contributed by atoms with Crippen molar-refractivity contribution in [2.24, 2.45) is 10.9 Å². The molecule has 0 spiro atoms. The minimum absolute atomic E-state index is 0.0372. The number of alkyl carbamates (subject to hydrolysis) is 1. The number of benzene rings is 5. The van der Waals surface area contributed by atoms with Crippen molar-refractivity contribution in [1.82, 2.24) is 20.2 Å². The second-order valence-corrected chi connectivity index (χ2v) is 13.9. The van der Waals surface area contributed by atoms with Crippen molar-refractivity contribution in [3.05, 3.63) is 186 Å². The number of carbonyl (C=O) groups excluding carboxylic acids is 3. The molecule has 9 heteroatoms. The Morgan fingerprint density at radius 1 is 0.782 bits per heavy atom. The van der Waals surface area contributed by atoms with Crippen LogP contribution in [0.2, 0.25) is 0 Å². The highest BCUT2D eigenvalue weighted by atomic mass is 16.5. The van der Waals surface area contributed by atoms with Crippen LogP contribution in [0.5, 0.6) is 0 Å². The number of carbonyl (C=O) groups is 2. The molecule has 1 heterocycles. The molecule has 5 aromatic carbocycles. The summed E-state index contributed by atoms with van der Waals surface area (Å²) in [4.78, 5) is 47.7. The van der Waals surface area contributed by atoms with Gasteiger partial charge >= 0.3 is 6.09 Å². The summed E-state index contributed by atoms with van der Waals surface area (Å²) in [5.74, 6) is -0.823. The van der Waals surface area contributed by atoms with Gasteiger partial charge in [-0.2, -0.15) is 4.99 Å². The number of hydrogen-bond donors (Lipinski definition) is 2. The van der Waals surface area contributed by atoms with Gasteiger partial charge in [-0.05, 0) is 51.3 Å². The molecule has 7 rings (SSSR count). The zero-order valence-corrected chi connectivity index (χ0v) is 30.8. The summed E-state index contributed by atoms with van der Waals surface area (Å²) in [6, 6.07) is 45.7. The van der Waals surface area contributed by atoms with Crippen molar-refractivity contribution in [1.29, 1.82) is 0 Å². The predicted molar refractivity (Wildman–Crippen MR) is 212 cm³/mol. The molecule has 55 heavy (non-hydrogen) atoms. The lowest BCUT2D eigenvalue weighted by Gasteiger charge is -2.37. The van der Waals surface area contributed by atoms with Gasteiger partial charge in [0.15, 0.2) is 0 Å². The summed E-state index contributed by atoms with van der Waals surface area (Å²) in [6.07, 6.45) is 4.41. The van der Waals surface area contributed by atoms with Crippen LogP contribution in [0.3, 0.4) is 0 Å². The standard InChI is InChI=1S/C46H43N5O4/c1-3-32(2)43(48-31-52)50-44(53)42(49-45(54)55-29-41-39-25-15-13-23-37(39)38-24-14-16-26-40(38)41)27-36-28-51(30-47-36)46(33-17-7-4-8-18-33,34-19-9-5-10-20-34)35-21-11-6-12-22-35/h4-26,28,30,32,41-43H,3,27,29H2,1-2H3,(H,49,54)(H,50,53)/t32-,42-,43-/m0/s1. The maximum absolute atomic E-state index is 14.0. The van der Waals surface area contributed by atoms with E-state index in [-0.39, 0.29) is 24.9 Å². The first-order valence-electron chi connectivity index (χ1n) is 18.6. The number of nitrogens with one attached hydrogen (secondary N) is 2. The van der Waals surface area contributed by atoms with Crippen molar-refractivity contribution in [2.45, 2.75) is 50.4 Å². The summed E-state index contributed by atoms with van der Waals surface area (Å²) >= 11 is 0. The molecule has 1 aromatic heterocycles. The Balaban J connectivity index is 1.20. The van der Waals surface area contributed by atoms with Gasteiger partial charge < -0.3 is 19.9 Å². The number of imidazole rings is 1. The number of amides is 2. The molecule has 0 fully saturated rings. The van der Waals surface area contributed by atoms with Crippen LogP contribution in [0.15, 0.2) is 157 Å². The highest BCUT2D eigenvalue weighted by Gasteiger charge is 2.39. The molecule has 9 nitrogen and oxygen atoms in total. The van der Waals surface area contributed by atoms with Gasteiger partial charge in [-0.3, -0.25) is 4.79 Å². The average Bonchev–Trinajstić information content (AvgIpc) is 3.83. The molecule has 276 valence electrons. The van der Waals surface area contributed by atoms with Crippen molar-refractivity contribution in [2.75, 3.05) is 6.61 Å². The normalized spacial score (nSPS) is 13.7. The van der Waals surface area contributed by atoms with E-state index in [1.807, 2.05) is 98.9 Å². The topological polar surface area (TPSA) is 115 Å². The van der Waals surface area contributed by atoms with Gasteiger partial charge in [-0.25, -0.2) is 14.6 Å². The van der Waals surface area contributed by atoms with Crippen LogP contribution >= 0.6 is 0 Å². The minimum Gasteiger partial charge on any atom is -0.449 e. The van der Waals surface area contributed by atoms with Gasteiger partial charge in [0.2, 0.25) is 12.0 Å². The maximum Gasteiger partial charge on any atom is 0.407 e. The van der Waals surface area contributed by atoms with E-state index in [0.717, 1.165) is 38.9 Å². The third kappa shape index (κ3) is 7.48. The predicted octanol–water partition coefficient (Wildman–Crippen LogP) is 8.00. The minimum atomic E-state index is -1.10. The Hall–Kier alpha value is -6.57. The Labute approximate surface area is 321 Å². The lowest BCUT2D eigenvalue weighted by molar-refractivity contribution is -0.124. The van der Waals surface area contributed by atoms with Gasteiger partial charge in [0.1, 0.15) is 24.4 Å². The number of rotatable bonds is 14. The van der Waals surface area contributed by atoms with E-state index in [4.69, 9.17) is 9.72 Å². The summed E-state index contributed by atoms with van der Waals surface area (Å²) < 4.78 is 7.93. The summed E-state index contributed by atoms with van der Waals surface area (Å²) in [7, 11) is 0. The number of isocyanates is 1. The smallest absolute Gasteiger partial charge is 0.407 e. The molecule has 3 atom stereocenters. The zero-order chi connectivity index (χ0) is 38.2. The molecule has 1 aliphatic carbocycles. The summed E-state index contributed by atoms with van der Waals surface area (Å²) in [6.45, 7) is 3.92. The molecule has 2 amide bonds. The SMILES string of the molecule is CC[C@H](C)[C@@H](N=C=O)NC(=O)[C@H](Cc1cn(C(c2ccccc2)(c2ccccc2)c2ccccc2)cn1)NC(=O)OCC1c2ccccc2-c2ccccc21. The molecule has 0 bridgehead atoms. The highest BCUT2D eigenvalue weighted by Crippen LogP contribution is 2.45. The first kappa shape index (κ1) is 36.8. The fourth-order valence-corrected chi connectivity index (χ4v) is 7.67. The number of fused-ring (bicyclic) bond motifs is 3. The lowest BCUT2D eigenvalue weighted by atomic mass is 9.77. The Morgan fingerprint density at radius 3 is 1.80 bits per heavy atom. The molecule has 0 unspecified atom stereocenters. The number of aliphatic imine (C=N–C) groups is 1. The fourth-order valence-electron chi connectivity index (χ4n) is 7.67. The third-order valence-electron chi connectivity index (χ3n) is 10.6. The van der Waals surface area contributed by atoms with Crippen LogP contribution in [0.25, 0.3) is 11.1 Å². The first-order valence-corrected chi connectivity index (χ1v) is 18.6. The summed E-state index contributed by atoms with van der Waals surface area (Å²) in [5.41, 5.74) is 7.20. The molecule has 0 saturated carbocycles. The van der Waals surface area contributed by atoms with Gasteiger partial charge in [0.05, 0.1) is 12.0 Å². The maximum atomic E-state index is 14.0. The molecular weight excluding hydrogens is 687 g/mol. The average molecular weight is 730 g/mol. The molecule has 0 saturated heterocycles. The van der Waals surface area contributed by atoms with Crippen molar-refractivity contribution >= 4 is 18.1 Å². The number of aromatic nitrogens is 2. The largest absolute Gasteiger partial charge is 0.449 e. The van der Waals surface area contributed by atoms with E-state index >= 15 is 0 Å². The Morgan fingerprint density at radius 2 is 1.29 bits per heavy atom. The molecule has 0 aliphatic heterocycles. The molecule has 2 N–H and O–H groups in total. The monoisotopic (exact) mass is 729 g/mol. The lowest BCUT2D eigenvalue weighted by Crippen LogP contribution is -2.51. The van der Waals surface area contributed by atoms with Gasteiger partial charge in [0, 0.05) is 18.5 Å². The zero-order valence-electron chi connectivity index (χ0n) is 30.8. The van der Waals surface area contributed by atoms with Crippen LogP contribution in [0, 0.1) is 5.92 Å². The van der Waals surface area contributed by atoms with E-state index in [0.29, 0.717) is 12.1 Å². The molecule has 1 aliphatic rings. The fraction of sp³-hybridized carbons (Fsp3) is 0.217. The van der Waals surface area contributed by atoms with E-state index < -0.39 is 29.7 Å². The number of hydrogen-bond acceptors (Lipinski definition) is 6. The van der Waals surface area contributed by atoms with Gasteiger partial charge in [-0.15, -0.1) is 0 Å². The first-order chi connectivity index (χ1) is 26.9. The summed E-state index contributed by atoms with van der Waals surface area (Å²) in [5, 5.41) is 5.68. The number of ether oxygens (including phenoxy) is 1. The number of nitrogens with zero attached hydrogens (tertiary/aromatic N) is 3. The second-order valence-electron chi connectivity index (χ2n) is 13.9. The Bertz CT molecular complexity index is 2140. The van der Waals surface area contributed by atoms with Crippen LogP contribution in [-0.2, 0) is 26.3 Å². The van der Waals surface area contributed by atoms with E-state index in [1.54, 1.807) is 12.4 Å². The van der Waals surface area contributed by atoms with Crippen LogP contribution in [0.1, 0.15) is 59.7 Å². The van der Waals surface area contributed by atoms with Gasteiger partial charge in [0.25, 0.3) is 0 Å². The molecular formula is C46H43N5O4. The van der Waals surface area contributed by atoms with Crippen LogP contribution < -0.4 is 10.6 Å². The van der Waals surface area contributed by atoms with Crippen molar-refractivity contribution in [3.8, 4) is 11.1 Å². The van der Waals surface area contributed by atoms with Gasteiger partial charge in [-0.1, -0.05) is 153 Å². The van der Waals surface area contributed by atoms with Crippen molar-refractivity contribution < 1.29 is 19.1 Å². The molecule has 0 radical (unpaired) electrons. The van der Waals surface area contributed by atoms with Crippen LogP contribution in [-0.4, -0.2) is 46.4 Å². The quantitative estimate of drug-likeness (QED) is 0.0670. The highest BCUT2D eigenvalue weighted by molar-refractivity contribution is 5.86. The molecule has 6 aromatic rings. The van der Waals surface area contributed by atoms with E-state index in [2.05, 4.69) is 80.9 Å². The Kier molecular flexibility index (Phi) is 11.1. The second kappa shape index (κ2) is 16.6. The third-order valence-corrected chi connectivity index (χ3v) is 10.6. The van der Waals surface area contributed by atoms with E-state index in [9.17, 15) is 14.4 Å². The van der Waals surface area contributed by atoms with E-state index in [1.165, 1.54) is 0 Å².